The third-order valence-electron chi connectivity index (χ3n) is 5.43. The van der Waals surface area contributed by atoms with Crippen molar-refractivity contribution in [3.8, 4) is 23.0 Å². The molecular weight excluding hydrogens is 524 g/mol. The zero-order chi connectivity index (χ0) is 28.7. The number of anilines is 1. The molecule has 0 aromatic heterocycles. The molecule has 0 aliphatic heterocycles. The van der Waals surface area contributed by atoms with Crippen LogP contribution in [0.5, 0.6) is 23.0 Å². The van der Waals surface area contributed by atoms with Crippen LogP contribution in [-0.4, -0.2) is 69.6 Å². The lowest BCUT2D eigenvalue weighted by molar-refractivity contribution is 0.0708. The van der Waals surface area contributed by atoms with E-state index in [1.54, 1.807) is 30.3 Å². The summed E-state index contributed by atoms with van der Waals surface area (Å²) in [5.74, 6) is 1.69. The van der Waals surface area contributed by atoms with Crippen molar-refractivity contribution in [2.45, 2.75) is 33.2 Å². The number of hydrogen-bond donors (Lipinski definition) is 2. The van der Waals surface area contributed by atoms with Gasteiger partial charge < -0.3 is 42.9 Å². The molecule has 2 amide bonds. The van der Waals surface area contributed by atoms with E-state index < -0.39 is 8.80 Å². The van der Waals surface area contributed by atoms with Crippen LogP contribution in [0, 0.1) is 0 Å². The van der Waals surface area contributed by atoms with Gasteiger partial charge in [0.05, 0.1) is 28.4 Å². The summed E-state index contributed by atoms with van der Waals surface area (Å²) in [6, 6.07) is 8.77. The molecule has 0 saturated heterocycles. The van der Waals surface area contributed by atoms with Gasteiger partial charge in [-0.05, 0) is 39.3 Å². The normalized spacial score (nSPS) is 11.4. The molecule has 0 radical (unpaired) electrons. The van der Waals surface area contributed by atoms with Gasteiger partial charge in [0.15, 0.2) is 22.9 Å². The summed E-state index contributed by atoms with van der Waals surface area (Å²) in [7, 11) is 3.30. The Morgan fingerprint density at radius 1 is 0.769 bits per heavy atom. The summed E-state index contributed by atoms with van der Waals surface area (Å²) >= 11 is 0. The van der Waals surface area contributed by atoms with Gasteiger partial charge in [-0.25, -0.2) is 4.79 Å². The number of ether oxygens (including phenoxy) is 4. The minimum absolute atomic E-state index is 0.336. The molecule has 0 aliphatic rings. The molecule has 0 unspecified atom stereocenters. The highest BCUT2D eigenvalue weighted by molar-refractivity contribution is 6.60. The van der Waals surface area contributed by atoms with E-state index in [0.717, 1.165) is 0 Å². The SMILES string of the molecule is CCO[Si](CCCNC(=O)Nc1cc(OC)c(N=Nc2c(OC)cccc2OC)c(OC)c1)(OCC)OCC. The lowest BCUT2D eigenvalue weighted by atomic mass is 10.2. The predicted octanol–water partition coefficient (Wildman–Crippen LogP) is 5.70. The predicted molar refractivity (Wildman–Crippen MR) is 150 cm³/mol. The fourth-order valence-corrected chi connectivity index (χ4v) is 6.39. The van der Waals surface area contributed by atoms with E-state index in [9.17, 15) is 4.79 Å². The lowest BCUT2D eigenvalue weighted by Crippen LogP contribution is -2.46. The zero-order valence-electron chi connectivity index (χ0n) is 23.8. The second-order valence-corrected chi connectivity index (χ2v) is 10.6. The maximum atomic E-state index is 12.6. The van der Waals surface area contributed by atoms with Crippen molar-refractivity contribution in [3.63, 3.8) is 0 Å². The van der Waals surface area contributed by atoms with Crippen molar-refractivity contribution in [1.82, 2.24) is 5.32 Å². The molecule has 0 saturated carbocycles. The molecule has 0 fully saturated rings. The summed E-state index contributed by atoms with van der Waals surface area (Å²) in [4.78, 5) is 12.6. The van der Waals surface area contributed by atoms with Crippen LogP contribution in [-0.2, 0) is 13.3 Å². The first-order valence-electron chi connectivity index (χ1n) is 12.8. The van der Waals surface area contributed by atoms with Gasteiger partial charge in [-0.15, -0.1) is 10.2 Å². The van der Waals surface area contributed by atoms with E-state index >= 15 is 0 Å². The Morgan fingerprint density at radius 2 is 1.23 bits per heavy atom. The summed E-state index contributed by atoms with van der Waals surface area (Å²) < 4.78 is 39.4. The summed E-state index contributed by atoms with van der Waals surface area (Å²) in [5, 5.41) is 14.3. The molecule has 2 N–H and O–H groups in total. The van der Waals surface area contributed by atoms with Gasteiger partial charge in [0.25, 0.3) is 0 Å². The van der Waals surface area contributed by atoms with Crippen molar-refractivity contribution in [1.29, 1.82) is 0 Å². The Hall–Kier alpha value is -3.39. The average Bonchev–Trinajstić information content (AvgIpc) is 2.94. The highest BCUT2D eigenvalue weighted by atomic mass is 28.4. The number of carbonyl (C=O) groups excluding carboxylic acids is 1. The van der Waals surface area contributed by atoms with E-state index in [0.29, 0.717) is 78.9 Å². The summed E-state index contributed by atoms with van der Waals surface area (Å²) in [5.41, 5.74) is 1.21. The van der Waals surface area contributed by atoms with Gasteiger partial charge in [0, 0.05) is 50.2 Å². The van der Waals surface area contributed by atoms with Crippen molar-refractivity contribution in [2.24, 2.45) is 10.2 Å². The van der Waals surface area contributed by atoms with E-state index in [1.165, 1.54) is 28.4 Å². The molecule has 0 spiro atoms. The molecule has 2 aromatic rings. The van der Waals surface area contributed by atoms with Gasteiger partial charge in [0.1, 0.15) is 11.5 Å². The van der Waals surface area contributed by atoms with Crippen molar-refractivity contribution < 1.29 is 37.0 Å². The Bertz CT molecular complexity index is 1020. The number of nitrogens with zero attached hydrogens (tertiary/aromatic N) is 2. The summed E-state index contributed by atoms with van der Waals surface area (Å²) in [6.45, 7) is 7.67. The van der Waals surface area contributed by atoms with Crippen LogP contribution in [0.1, 0.15) is 27.2 Å². The first-order valence-corrected chi connectivity index (χ1v) is 14.7. The van der Waals surface area contributed by atoms with E-state index in [4.69, 9.17) is 32.2 Å². The van der Waals surface area contributed by atoms with Crippen molar-refractivity contribution >= 4 is 31.9 Å². The number of benzene rings is 2. The van der Waals surface area contributed by atoms with Gasteiger partial charge in [-0.1, -0.05) is 6.07 Å². The van der Waals surface area contributed by atoms with Crippen LogP contribution in [0.3, 0.4) is 0 Å². The van der Waals surface area contributed by atoms with Gasteiger partial charge in [-0.2, -0.15) is 0 Å². The molecule has 2 aromatic carbocycles. The van der Waals surface area contributed by atoms with Gasteiger partial charge >= 0.3 is 14.8 Å². The maximum Gasteiger partial charge on any atom is 0.500 e. The number of urea groups is 1. The molecule has 12 nitrogen and oxygen atoms in total. The lowest BCUT2D eigenvalue weighted by Gasteiger charge is -2.28. The third-order valence-corrected chi connectivity index (χ3v) is 8.58. The molecule has 216 valence electrons. The fraction of sp³-hybridized carbons (Fsp3) is 0.500. The number of hydrogen-bond acceptors (Lipinski definition) is 10. The molecule has 0 atom stereocenters. The smallest absolute Gasteiger partial charge is 0.494 e. The number of amides is 2. The second-order valence-electron chi connectivity index (χ2n) is 7.91. The number of rotatable bonds is 17. The van der Waals surface area contributed by atoms with Crippen molar-refractivity contribution in [3.05, 3.63) is 30.3 Å². The highest BCUT2D eigenvalue weighted by Crippen LogP contribution is 2.43. The number of azo groups is 1. The highest BCUT2D eigenvalue weighted by Gasteiger charge is 2.39. The van der Waals surface area contributed by atoms with Crippen LogP contribution in [0.2, 0.25) is 6.04 Å². The minimum atomic E-state index is -2.76. The molecule has 39 heavy (non-hydrogen) atoms. The Balaban J connectivity index is 2.12. The Kier molecular flexibility index (Phi) is 13.5. The van der Waals surface area contributed by atoms with Crippen LogP contribution in [0.25, 0.3) is 0 Å². The Labute approximate surface area is 231 Å². The first kappa shape index (κ1) is 31.8. The monoisotopic (exact) mass is 564 g/mol. The van der Waals surface area contributed by atoms with Crippen LogP contribution >= 0.6 is 0 Å². The average molecular weight is 565 g/mol. The molecule has 0 heterocycles. The molecule has 13 heteroatoms. The van der Waals surface area contributed by atoms with Gasteiger partial charge in [-0.3, -0.25) is 0 Å². The molecule has 0 bridgehead atoms. The van der Waals surface area contributed by atoms with E-state index in [-0.39, 0.29) is 6.03 Å². The molecule has 2 rings (SSSR count). The standard InChI is InChI=1S/C26H40N4O8Si/c1-8-36-39(37-9-2,38-10-3)16-12-15-27-26(31)28-19-17-22(34-6)25(23(18-19)35-7)30-29-24-20(32-4)13-11-14-21(24)33-5/h11,13-14,17-18H,8-10,12,15-16H2,1-7H3,(H2,27,28,31). The maximum absolute atomic E-state index is 12.6. The number of nitrogens with one attached hydrogen (secondary N) is 2. The van der Waals surface area contributed by atoms with Crippen LogP contribution in [0.4, 0.5) is 21.9 Å². The fourth-order valence-electron chi connectivity index (χ4n) is 3.78. The van der Waals surface area contributed by atoms with Crippen LogP contribution in [0.15, 0.2) is 40.6 Å². The summed E-state index contributed by atoms with van der Waals surface area (Å²) in [6.07, 6.45) is 0.637. The zero-order valence-corrected chi connectivity index (χ0v) is 24.8. The largest absolute Gasteiger partial charge is 0.500 e. The number of methoxy groups -OCH3 is 4. The van der Waals surface area contributed by atoms with E-state index in [2.05, 4.69) is 20.9 Å². The minimum Gasteiger partial charge on any atom is -0.494 e. The van der Waals surface area contributed by atoms with Crippen molar-refractivity contribution in [2.75, 3.05) is 60.1 Å². The topological polar surface area (TPSA) is 130 Å². The van der Waals surface area contributed by atoms with Gasteiger partial charge in [0.2, 0.25) is 0 Å². The van der Waals surface area contributed by atoms with E-state index in [1.807, 2.05) is 20.8 Å². The second kappa shape index (κ2) is 16.5. The molecular formula is C26H40N4O8Si. The van der Waals surface area contributed by atoms with Crippen LogP contribution < -0.4 is 29.6 Å². The quantitative estimate of drug-likeness (QED) is 0.142. The Morgan fingerprint density at radius 3 is 1.67 bits per heavy atom. The third kappa shape index (κ3) is 9.09. The molecule has 0 aliphatic carbocycles. The number of carbonyl (C=O) groups is 1. The first-order chi connectivity index (χ1) is 18.9.